The van der Waals surface area contributed by atoms with Crippen LogP contribution in [0.5, 0.6) is 0 Å². The van der Waals surface area contributed by atoms with Crippen LogP contribution in [0, 0.1) is 0 Å². The van der Waals surface area contributed by atoms with E-state index in [9.17, 15) is 0 Å². The number of hydrogen-bond donors (Lipinski definition) is 0. The van der Waals surface area contributed by atoms with Gasteiger partial charge in [-0.15, -0.1) is 0 Å². The molecule has 0 aromatic heterocycles. The van der Waals surface area contributed by atoms with E-state index in [0.717, 1.165) is 0 Å². The first-order valence-electron chi connectivity index (χ1n) is 3.18. The van der Waals surface area contributed by atoms with Crippen LogP contribution in [-0.4, -0.2) is 38.6 Å². The summed E-state index contributed by atoms with van der Waals surface area (Å²) in [6.07, 6.45) is 0. The number of rotatable bonds is 3. The van der Waals surface area contributed by atoms with E-state index in [-0.39, 0.29) is 18.9 Å². The Kier molecular flexibility index (Phi) is 12.7. The van der Waals surface area contributed by atoms with Crippen LogP contribution in [-0.2, 0) is 0 Å². The van der Waals surface area contributed by atoms with Crippen molar-refractivity contribution in [1.29, 1.82) is 0 Å². The van der Waals surface area contributed by atoms with Crippen molar-refractivity contribution >= 4 is 38.6 Å². The minimum Gasteiger partial charge on any atom is 0 e. The molecule has 0 amide bonds. The first-order chi connectivity index (χ1) is 3.35. The summed E-state index contributed by atoms with van der Waals surface area (Å²) in [6, 6.07) is 0. The van der Waals surface area contributed by atoms with E-state index in [1.54, 1.807) is 13.3 Å². The Morgan fingerprint density at radius 3 is 1.12 bits per heavy atom. The van der Waals surface area contributed by atoms with Gasteiger partial charge in [-0.25, -0.2) is 0 Å². The first-order valence-corrected chi connectivity index (χ1v) is 9.24. The molecule has 8 heavy (non-hydrogen) atoms. The zero-order valence-corrected chi connectivity index (χ0v) is 9.48. The molecule has 2 radical (unpaired) electrons. The van der Waals surface area contributed by atoms with Gasteiger partial charge in [-0.2, -0.15) is 0 Å². The molecule has 0 aliphatic heterocycles. The molecule has 0 fully saturated rings. The average Bonchev–Trinajstić information content (AvgIpc) is 1.72. The van der Waals surface area contributed by atoms with Crippen molar-refractivity contribution in [3.63, 3.8) is 0 Å². The standard InChI is InChI=1S/3C2H5.Li.Sn/c3*1-2;;/h3*1H2,2H3;;. The maximum atomic E-state index is 2.35. The van der Waals surface area contributed by atoms with E-state index < -0.39 is 19.8 Å². The van der Waals surface area contributed by atoms with Crippen LogP contribution in [0.15, 0.2) is 0 Å². The van der Waals surface area contributed by atoms with Gasteiger partial charge in [-0.05, 0) is 0 Å². The zero-order chi connectivity index (χ0) is 5.70. The molecule has 0 aromatic rings. The van der Waals surface area contributed by atoms with Gasteiger partial charge in [-0.1, -0.05) is 0 Å². The molecule has 0 saturated carbocycles. The molecule has 0 aliphatic carbocycles. The number of hydrogen-bond acceptors (Lipinski definition) is 0. The van der Waals surface area contributed by atoms with Gasteiger partial charge < -0.3 is 0 Å². The van der Waals surface area contributed by atoms with E-state index in [2.05, 4.69) is 20.8 Å². The molecule has 0 aromatic carbocycles. The van der Waals surface area contributed by atoms with Crippen molar-refractivity contribution in [3.05, 3.63) is 0 Å². The fourth-order valence-electron chi connectivity index (χ4n) is 0.750. The summed E-state index contributed by atoms with van der Waals surface area (Å²) < 4.78 is 4.65. The monoisotopic (exact) mass is 214 g/mol. The van der Waals surface area contributed by atoms with E-state index in [4.69, 9.17) is 0 Å². The van der Waals surface area contributed by atoms with E-state index in [1.165, 1.54) is 0 Å². The van der Waals surface area contributed by atoms with Crippen molar-refractivity contribution in [2.45, 2.75) is 34.1 Å². The van der Waals surface area contributed by atoms with E-state index >= 15 is 0 Å². The van der Waals surface area contributed by atoms with E-state index in [0.29, 0.717) is 0 Å². The van der Waals surface area contributed by atoms with Crippen molar-refractivity contribution in [2.75, 3.05) is 0 Å². The average molecular weight is 213 g/mol. The third-order valence-electron chi connectivity index (χ3n) is 1.50. The first kappa shape index (κ1) is 12.1. The SMILES string of the molecule is C[CH2][Sn]([CH2]C)[CH2]C.[Li]. The second-order valence-electron chi connectivity index (χ2n) is 1.81. The fourth-order valence-corrected chi connectivity index (χ4v) is 5.03. The topological polar surface area (TPSA) is 0 Å². The molecule has 0 aliphatic rings. The summed E-state index contributed by atoms with van der Waals surface area (Å²) >= 11 is -0.653. The van der Waals surface area contributed by atoms with Crippen LogP contribution in [0.4, 0.5) is 0 Å². The normalized spacial score (nSPS) is 9.00. The van der Waals surface area contributed by atoms with Gasteiger partial charge >= 0.3 is 53.8 Å². The largest absolute Gasteiger partial charge is 0 e. The summed E-state index contributed by atoms with van der Waals surface area (Å²) in [5.74, 6) is 0. The fraction of sp³-hybridized carbons (Fsp3) is 1.00. The minimum atomic E-state index is -0.653. The molecule has 44 valence electrons. The Morgan fingerprint density at radius 2 is 1.12 bits per heavy atom. The molecule has 0 saturated heterocycles. The molecule has 0 bridgehead atoms. The maximum Gasteiger partial charge on any atom is 0 e. The van der Waals surface area contributed by atoms with Crippen LogP contribution < -0.4 is 0 Å². The van der Waals surface area contributed by atoms with E-state index in [1.807, 2.05) is 0 Å². The Morgan fingerprint density at radius 1 is 0.875 bits per heavy atom. The molecule has 0 rings (SSSR count). The summed E-state index contributed by atoms with van der Waals surface area (Å²) in [5, 5.41) is 0. The van der Waals surface area contributed by atoms with Crippen LogP contribution >= 0.6 is 0 Å². The predicted octanol–water partition coefficient (Wildman–Crippen LogP) is 2.16. The van der Waals surface area contributed by atoms with Crippen molar-refractivity contribution in [3.8, 4) is 0 Å². The smallest absolute Gasteiger partial charge is 0 e. The van der Waals surface area contributed by atoms with Gasteiger partial charge in [-0.3, -0.25) is 0 Å². The van der Waals surface area contributed by atoms with Crippen molar-refractivity contribution in [1.82, 2.24) is 0 Å². The van der Waals surface area contributed by atoms with Gasteiger partial charge in [0.2, 0.25) is 0 Å². The van der Waals surface area contributed by atoms with Crippen LogP contribution in [0.25, 0.3) is 0 Å². The molecule has 0 unspecified atom stereocenters. The molecule has 2 heteroatoms. The molecular formula is C6H15LiSn. The summed E-state index contributed by atoms with van der Waals surface area (Å²) in [4.78, 5) is 0. The van der Waals surface area contributed by atoms with Crippen LogP contribution in [0.3, 0.4) is 0 Å². The van der Waals surface area contributed by atoms with Crippen molar-refractivity contribution in [2.24, 2.45) is 0 Å². The second kappa shape index (κ2) is 8.40. The van der Waals surface area contributed by atoms with Gasteiger partial charge in [0, 0.05) is 18.9 Å². The Hall–Kier alpha value is 1.40. The third-order valence-corrected chi connectivity index (χ3v) is 10.1. The third kappa shape index (κ3) is 5.53. The second-order valence-corrected chi connectivity index (χ2v) is 12.1. The van der Waals surface area contributed by atoms with Gasteiger partial charge in [0.15, 0.2) is 0 Å². The quantitative estimate of drug-likeness (QED) is 0.630. The minimum absolute atomic E-state index is 0. The Labute approximate surface area is 72.3 Å². The van der Waals surface area contributed by atoms with Gasteiger partial charge in [0.25, 0.3) is 0 Å². The Bertz CT molecular complexity index is 30.0. The molecule has 0 heterocycles. The molecule has 0 spiro atoms. The maximum absolute atomic E-state index is 2.35. The summed E-state index contributed by atoms with van der Waals surface area (Å²) in [7, 11) is 0. The van der Waals surface area contributed by atoms with Crippen LogP contribution in [0.1, 0.15) is 20.8 Å². The van der Waals surface area contributed by atoms with Crippen LogP contribution in [0.2, 0.25) is 13.3 Å². The summed E-state index contributed by atoms with van der Waals surface area (Å²) in [6.45, 7) is 7.05. The molecule has 0 N–H and O–H groups in total. The molecule has 0 atom stereocenters. The van der Waals surface area contributed by atoms with Gasteiger partial charge in [0.05, 0.1) is 0 Å². The Balaban J connectivity index is 0. The predicted molar refractivity (Wildman–Crippen MR) is 43.0 cm³/mol. The molecular weight excluding hydrogens is 198 g/mol. The van der Waals surface area contributed by atoms with Crippen molar-refractivity contribution < 1.29 is 0 Å². The van der Waals surface area contributed by atoms with Gasteiger partial charge in [0.1, 0.15) is 0 Å². The molecule has 0 nitrogen and oxygen atoms in total. The zero-order valence-electron chi connectivity index (χ0n) is 6.62. The summed E-state index contributed by atoms with van der Waals surface area (Å²) in [5.41, 5.74) is 0.